The van der Waals surface area contributed by atoms with Crippen LogP contribution in [0.1, 0.15) is 26.2 Å². The Balaban J connectivity index is 2.02. The van der Waals surface area contributed by atoms with Gasteiger partial charge in [0.1, 0.15) is 0 Å². The fraction of sp³-hybridized carbons (Fsp3) is 1.00. The number of unbranched alkanes of at least 4 members (excludes halogenated alkanes) is 1. The van der Waals surface area contributed by atoms with Gasteiger partial charge in [-0.2, -0.15) is 11.8 Å². The summed E-state index contributed by atoms with van der Waals surface area (Å²) in [5.41, 5.74) is 0. The van der Waals surface area contributed by atoms with Crippen molar-refractivity contribution >= 4 is 21.8 Å². The van der Waals surface area contributed by atoms with Crippen molar-refractivity contribution in [3.8, 4) is 0 Å². The van der Waals surface area contributed by atoms with E-state index in [4.69, 9.17) is 0 Å². The van der Waals surface area contributed by atoms with Crippen molar-refractivity contribution in [1.29, 1.82) is 0 Å². The molecule has 1 aliphatic rings. The number of nitrogens with one attached hydrogen (secondary N) is 2. The summed E-state index contributed by atoms with van der Waals surface area (Å²) >= 11 is 1.97. The molecule has 0 atom stereocenters. The topological polar surface area (TPSA) is 61.4 Å². The standard InChI is InChI=1S/C13H29N3O2S2/c1-2-5-14-6-3-4-13-20(17,18)15-7-8-16-9-11-19-12-10-16/h14-15H,2-13H2,1H3. The second-order valence-corrected chi connectivity index (χ2v) is 8.28. The second-order valence-electron chi connectivity index (χ2n) is 5.12. The third-order valence-corrected chi connectivity index (χ3v) is 5.71. The minimum Gasteiger partial charge on any atom is -0.317 e. The molecule has 120 valence electrons. The maximum Gasteiger partial charge on any atom is 0.211 e. The summed E-state index contributed by atoms with van der Waals surface area (Å²) in [6.45, 7) is 7.58. The minimum absolute atomic E-state index is 0.247. The van der Waals surface area contributed by atoms with Crippen LogP contribution in [0, 0.1) is 0 Å². The molecule has 0 unspecified atom stereocenters. The van der Waals surface area contributed by atoms with Gasteiger partial charge in [0, 0.05) is 37.7 Å². The molecule has 0 amide bonds. The van der Waals surface area contributed by atoms with E-state index in [-0.39, 0.29) is 5.75 Å². The lowest BCUT2D eigenvalue weighted by atomic mass is 10.3. The first kappa shape index (κ1) is 18.2. The monoisotopic (exact) mass is 323 g/mol. The average molecular weight is 324 g/mol. The van der Waals surface area contributed by atoms with Crippen molar-refractivity contribution in [3.05, 3.63) is 0 Å². The Morgan fingerprint density at radius 1 is 1.10 bits per heavy atom. The molecule has 0 aromatic carbocycles. The van der Waals surface area contributed by atoms with Crippen molar-refractivity contribution < 1.29 is 8.42 Å². The Labute approximate surface area is 128 Å². The predicted molar refractivity (Wildman–Crippen MR) is 87.9 cm³/mol. The van der Waals surface area contributed by atoms with E-state index in [9.17, 15) is 8.42 Å². The fourth-order valence-corrected chi connectivity index (χ4v) is 4.21. The molecule has 5 nitrogen and oxygen atoms in total. The Morgan fingerprint density at radius 3 is 2.55 bits per heavy atom. The van der Waals surface area contributed by atoms with Gasteiger partial charge >= 0.3 is 0 Å². The van der Waals surface area contributed by atoms with Gasteiger partial charge in [0.25, 0.3) is 0 Å². The van der Waals surface area contributed by atoms with Crippen LogP contribution in [0.2, 0.25) is 0 Å². The number of rotatable bonds is 11. The van der Waals surface area contributed by atoms with Crippen LogP contribution in [-0.4, -0.2) is 69.8 Å². The van der Waals surface area contributed by atoms with Gasteiger partial charge in [-0.25, -0.2) is 13.1 Å². The van der Waals surface area contributed by atoms with Gasteiger partial charge in [-0.3, -0.25) is 0 Å². The maximum absolute atomic E-state index is 11.8. The zero-order chi connectivity index (χ0) is 14.7. The molecule has 0 bridgehead atoms. The summed E-state index contributed by atoms with van der Waals surface area (Å²) in [7, 11) is -3.08. The maximum atomic E-state index is 11.8. The molecule has 0 radical (unpaired) electrons. The molecule has 1 fully saturated rings. The van der Waals surface area contributed by atoms with Gasteiger partial charge < -0.3 is 10.2 Å². The first-order valence-corrected chi connectivity index (χ1v) is 10.4. The molecule has 20 heavy (non-hydrogen) atoms. The summed E-state index contributed by atoms with van der Waals surface area (Å²) < 4.78 is 26.3. The third kappa shape index (κ3) is 9.18. The quantitative estimate of drug-likeness (QED) is 0.549. The van der Waals surface area contributed by atoms with E-state index in [1.165, 1.54) is 0 Å². The van der Waals surface area contributed by atoms with Crippen LogP contribution >= 0.6 is 11.8 Å². The second kappa shape index (κ2) is 10.8. The smallest absolute Gasteiger partial charge is 0.211 e. The largest absolute Gasteiger partial charge is 0.317 e. The van der Waals surface area contributed by atoms with Crippen LogP contribution in [0.25, 0.3) is 0 Å². The number of hydrogen-bond donors (Lipinski definition) is 2. The van der Waals surface area contributed by atoms with E-state index in [1.54, 1.807) is 0 Å². The van der Waals surface area contributed by atoms with E-state index >= 15 is 0 Å². The minimum atomic E-state index is -3.08. The van der Waals surface area contributed by atoms with Crippen molar-refractivity contribution in [2.45, 2.75) is 26.2 Å². The van der Waals surface area contributed by atoms with Crippen LogP contribution < -0.4 is 10.0 Å². The molecule has 0 saturated carbocycles. The summed E-state index contributed by atoms with van der Waals surface area (Å²) in [5.74, 6) is 2.58. The van der Waals surface area contributed by atoms with Crippen LogP contribution in [-0.2, 0) is 10.0 Å². The van der Waals surface area contributed by atoms with Crippen LogP contribution in [0.15, 0.2) is 0 Å². The molecular formula is C13H29N3O2S2. The van der Waals surface area contributed by atoms with E-state index in [0.29, 0.717) is 6.54 Å². The highest BCUT2D eigenvalue weighted by atomic mass is 32.2. The molecule has 0 aliphatic carbocycles. The fourth-order valence-electron chi connectivity index (χ4n) is 2.10. The Hall–Kier alpha value is 0.180. The van der Waals surface area contributed by atoms with Crippen molar-refractivity contribution in [2.75, 3.05) is 56.5 Å². The summed E-state index contributed by atoms with van der Waals surface area (Å²) in [4.78, 5) is 2.33. The molecule has 0 spiro atoms. The predicted octanol–water partition coefficient (Wildman–Crippen LogP) is 0.734. The first-order valence-electron chi connectivity index (χ1n) is 7.62. The molecule has 7 heteroatoms. The van der Waals surface area contributed by atoms with Gasteiger partial charge in [-0.15, -0.1) is 0 Å². The number of nitrogens with zero attached hydrogens (tertiary/aromatic N) is 1. The van der Waals surface area contributed by atoms with E-state index in [0.717, 1.165) is 63.5 Å². The van der Waals surface area contributed by atoms with Crippen LogP contribution in [0.5, 0.6) is 0 Å². The molecular weight excluding hydrogens is 294 g/mol. The SMILES string of the molecule is CCCNCCCCS(=O)(=O)NCCN1CCSCC1. The zero-order valence-electron chi connectivity index (χ0n) is 12.6. The van der Waals surface area contributed by atoms with Gasteiger partial charge in [-0.05, 0) is 32.4 Å². The molecule has 0 aromatic heterocycles. The van der Waals surface area contributed by atoms with Gasteiger partial charge in [-0.1, -0.05) is 6.92 Å². The summed E-state index contributed by atoms with van der Waals surface area (Å²) in [6.07, 6.45) is 2.77. The van der Waals surface area contributed by atoms with Gasteiger partial charge in [0.2, 0.25) is 10.0 Å². The number of sulfonamides is 1. The number of hydrogen-bond acceptors (Lipinski definition) is 5. The highest BCUT2D eigenvalue weighted by molar-refractivity contribution is 7.99. The lowest BCUT2D eigenvalue weighted by Crippen LogP contribution is -2.39. The highest BCUT2D eigenvalue weighted by Gasteiger charge is 2.12. The third-order valence-electron chi connectivity index (χ3n) is 3.30. The zero-order valence-corrected chi connectivity index (χ0v) is 14.2. The Morgan fingerprint density at radius 2 is 1.85 bits per heavy atom. The summed E-state index contributed by atoms with van der Waals surface area (Å²) in [5, 5.41) is 3.28. The van der Waals surface area contributed by atoms with Gasteiger partial charge in [0.15, 0.2) is 0 Å². The summed E-state index contributed by atoms with van der Waals surface area (Å²) in [6, 6.07) is 0. The van der Waals surface area contributed by atoms with Gasteiger partial charge in [0.05, 0.1) is 5.75 Å². The highest BCUT2D eigenvalue weighted by Crippen LogP contribution is 2.08. The van der Waals surface area contributed by atoms with Crippen molar-refractivity contribution in [2.24, 2.45) is 0 Å². The Kier molecular flexibility index (Phi) is 9.88. The van der Waals surface area contributed by atoms with E-state index in [1.807, 2.05) is 11.8 Å². The lowest BCUT2D eigenvalue weighted by molar-refractivity contribution is 0.307. The molecule has 1 heterocycles. The van der Waals surface area contributed by atoms with Crippen LogP contribution in [0.4, 0.5) is 0 Å². The molecule has 1 saturated heterocycles. The van der Waals surface area contributed by atoms with Crippen molar-refractivity contribution in [1.82, 2.24) is 14.9 Å². The van der Waals surface area contributed by atoms with E-state index < -0.39 is 10.0 Å². The van der Waals surface area contributed by atoms with E-state index in [2.05, 4.69) is 21.9 Å². The Bertz CT molecular complexity index is 331. The normalized spacial score (nSPS) is 17.4. The molecule has 1 rings (SSSR count). The molecule has 2 N–H and O–H groups in total. The number of thioether (sulfide) groups is 1. The average Bonchev–Trinajstić information content (AvgIpc) is 2.44. The first-order chi connectivity index (χ1) is 9.64. The molecule has 0 aromatic rings. The molecule has 1 aliphatic heterocycles. The lowest BCUT2D eigenvalue weighted by Gasteiger charge is -2.25. The van der Waals surface area contributed by atoms with Crippen LogP contribution in [0.3, 0.4) is 0 Å². The van der Waals surface area contributed by atoms with Crippen molar-refractivity contribution in [3.63, 3.8) is 0 Å².